The molecule has 0 saturated carbocycles. The number of hydrogen-bond donors (Lipinski definition) is 0. The summed E-state index contributed by atoms with van der Waals surface area (Å²) in [6.07, 6.45) is 5.64. The average molecular weight is 290 g/mol. The predicted octanol–water partition coefficient (Wildman–Crippen LogP) is 3.51. The lowest BCUT2D eigenvalue weighted by Crippen LogP contribution is -2.29. The summed E-state index contributed by atoms with van der Waals surface area (Å²) in [7, 11) is 0. The van der Waals surface area contributed by atoms with Crippen LogP contribution in [-0.2, 0) is 0 Å². The molecular weight excluding hydrogens is 276 g/mol. The first kappa shape index (κ1) is 12.8. The molecule has 0 bridgehead atoms. The van der Waals surface area contributed by atoms with E-state index in [2.05, 4.69) is 10.9 Å². The topological polar surface area (TPSA) is 36.3 Å². The Morgan fingerprint density at radius 2 is 1.91 bits per heavy atom. The number of aromatic nitrogens is 2. The van der Waals surface area contributed by atoms with Gasteiger partial charge < -0.3 is 9.47 Å². The molecular formula is C18H14N2O2. The van der Waals surface area contributed by atoms with Gasteiger partial charge in [-0.15, -0.1) is 6.42 Å². The lowest BCUT2D eigenvalue weighted by atomic mass is 10.2. The van der Waals surface area contributed by atoms with Gasteiger partial charge in [0.25, 0.3) is 0 Å². The quantitative estimate of drug-likeness (QED) is 0.643. The third-order valence-electron chi connectivity index (χ3n) is 3.59. The van der Waals surface area contributed by atoms with Gasteiger partial charge in [-0.1, -0.05) is 18.2 Å². The van der Waals surface area contributed by atoms with Crippen molar-refractivity contribution >= 4 is 11.0 Å². The highest BCUT2D eigenvalue weighted by atomic mass is 16.7. The number of nitrogens with zero attached hydrogens (tertiary/aromatic N) is 2. The number of para-hydroxylation sites is 3. The zero-order chi connectivity index (χ0) is 15.3. The first-order valence-electron chi connectivity index (χ1n) is 7.04. The first-order chi connectivity index (χ1) is 10.6. The maximum atomic E-state index is 5.96. The van der Waals surface area contributed by atoms with Gasteiger partial charge in [-0.2, -0.15) is 0 Å². The second kappa shape index (κ2) is 4.28. The van der Waals surface area contributed by atoms with Crippen LogP contribution in [0.4, 0.5) is 0 Å². The van der Waals surface area contributed by atoms with Gasteiger partial charge in [0.2, 0.25) is 5.79 Å². The molecule has 2 heterocycles. The van der Waals surface area contributed by atoms with E-state index in [9.17, 15) is 0 Å². The number of hydrogen-bond acceptors (Lipinski definition) is 3. The van der Waals surface area contributed by atoms with Gasteiger partial charge >= 0.3 is 0 Å². The summed E-state index contributed by atoms with van der Waals surface area (Å²) in [6.45, 7) is 3.76. The number of benzene rings is 2. The van der Waals surface area contributed by atoms with Crippen LogP contribution in [0.1, 0.15) is 19.7 Å². The van der Waals surface area contributed by atoms with Gasteiger partial charge in [0, 0.05) is 13.8 Å². The van der Waals surface area contributed by atoms with E-state index < -0.39 is 5.79 Å². The van der Waals surface area contributed by atoms with Crippen LogP contribution < -0.4 is 9.47 Å². The minimum atomic E-state index is -0.689. The molecule has 3 aromatic rings. The van der Waals surface area contributed by atoms with Crippen LogP contribution >= 0.6 is 0 Å². The molecule has 1 aliphatic rings. The fraction of sp³-hybridized carbons (Fsp3) is 0.167. The van der Waals surface area contributed by atoms with Crippen molar-refractivity contribution in [3.63, 3.8) is 0 Å². The van der Waals surface area contributed by atoms with Crippen LogP contribution in [0.25, 0.3) is 16.7 Å². The average Bonchev–Trinajstić information content (AvgIpc) is 3.02. The van der Waals surface area contributed by atoms with Crippen molar-refractivity contribution in [2.24, 2.45) is 0 Å². The maximum absolute atomic E-state index is 5.96. The van der Waals surface area contributed by atoms with Crippen LogP contribution in [0.5, 0.6) is 11.5 Å². The smallest absolute Gasteiger partial charge is 0.246 e. The van der Waals surface area contributed by atoms with Crippen molar-refractivity contribution in [3.8, 4) is 29.5 Å². The minimum Gasteiger partial charge on any atom is -0.449 e. The Morgan fingerprint density at radius 3 is 2.73 bits per heavy atom. The third kappa shape index (κ3) is 1.76. The highest BCUT2D eigenvalue weighted by molar-refractivity contribution is 5.80. The van der Waals surface area contributed by atoms with Gasteiger partial charge in [-0.3, -0.25) is 4.57 Å². The molecule has 0 aliphatic carbocycles. The van der Waals surface area contributed by atoms with Gasteiger partial charge in [0.15, 0.2) is 17.3 Å². The molecule has 0 radical (unpaired) electrons. The summed E-state index contributed by atoms with van der Waals surface area (Å²) in [5.41, 5.74) is 2.63. The Labute approximate surface area is 128 Å². The lowest BCUT2D eigenvalue weighted by molar-refractivity contribution is -0.0431. The fourth-order valence-corrected chi connectivity index (χ4v) is 2.76. The van der Waals surface area contributed by atoms with Gasteiger partial charge in [-0.05, 0) is 30.2 Å². The second-order valence-electron chi connectivity index (χ2n) is 5.61. The second-order valence-corrected chi connectivity index (χ2v) is 5.61. The minimum absolute atomic E-state index is 0.544. The SMILES string of the molecule is C#Cc1nc2ccccc2n1-c1cccc2c1OC(C)(C)O2. The van der Waals surface area contributed by atoms with Crippen LogP contribution in [0.3, 0.4) is 0 Å². The number of ether oxygens (including phenoxy) is 2. The molecule has 0 amide bonds. The first-order valence-corrected chi connectivity index (χ1v) is 7.04. The Bertz CT molecular complexity index is 932. The molecule has 4 nitrogen and oxygen atoms in total. The zero-order valence-corrected chi connectivity index (χ0v) is 12.3. The molecule has 1 aliphatic heterocycles. The Kier molecular flexibility index (Phi) is 2.49. The predicted molar refractivity (Wildman–Crippen MR) is 84.3 cm³/mol. The number of rotatable bonds is 1. The Hall–Kier alpha value is -2.93. The van der Waals surface area contributed by atoms with E-state index in [0.29, 0.717) is 17.3 Å². The molecule has 1 aromatic heterocycles. The molecule has 0 N–H and O–H groups in total. The molecule has 0 saturated heterocycles. The number of fused-ring (bicyclic) bond motifs is 2. The van der Waals surface area contributed by atoms with Crippen molar-refractivity contribution < 1.29 is 9.47 Å². The molecule has 108 valence electrons. The van der Waals surface area contributed by atoms with E-state index in [1.54, 1.807) is 0 Å². The van der Waals surface area contributed by atoms with Crippen molar-refractivity contribution in [1.29, 1.82) is 0 Å². The van der Waals surface area contributed by atoms with Gasteiger partial charge in [-0.25, -0.2) is 4.98 Å². The van der Waals surface area contributed by atoms with E-state index in [0.717, 1.165) is 16.7 Å². The molecule has 0 unspecified atom stereocenters. The molecule has 0 spiro atoms. The van der Waals surface area contributed by atoms with Crippen LogP contribution in [0.2, 0.25) is 0 Å². The highest BCUT2D eigenvalue weighted by Crippen LogP contribution is 2.44. The number of imidazole rings is 1. The van der Waals surface area contributed by atoms with Crippen LogP contribution in [0.15, 0.2) is 42.5 Å². The van der Waals surface area contributed by atoms with E-state index in [4.69, 9.17) is 15.9 Å². The van der Waals surface area contributed by atoms with E-state index >= 15 is 0 Å². The lowest BCUT2D eigenvalue weighted by Gasteiger charge is -2.17. The maximum Gasteiger partial charge on any atom is 0.246 e. The fourth-order valence-electron chi connectivity index (χ4n) is 2.76. The summed E-state index contributed by atoms with van der Waals surface area (Å²) in [6, 6.07) is 13.6. The van der Waals surface area contributed by atoms with E-state index in [1.807, 2.05) is 60.9 Å². The van der Waals surface area contributed by atoms with E-state index in [1.165, 1.54) is 0 Å². The molecule has 4 heteroatoms. The largest absolute Gasteiger partial charge is 0.449 e. The summed E-state index contributed by atoms with van der Waals surface area (Å²) in [4.78, 5) is 4.50. The van der Waals surface area contributed by atoms with Gasteiger partial charge in [0.05, 0.1) is 16.7 Å². The normalized spacial score (nSPS) is 15.0. The molecule has 4 rings (SSSR count). The molecule has 2 aromatic carbocycles. The van der Waals surface area contributed by atoms with Crippen molar-refractivity contribution in [1.82, 2.24) is 9.55 Å². The summed E-state index contributed by atoms with van der Waals surface area (Å²) >= 11 is 0. The summed E-state index contributed by atoms with van der Waals surface area (Å²) in [5.74, 6) is 3.90. The molecule has 0 atom stereocenters. The van der Waals surface area contributed by atoms with Crippen LogP contribution in [-0.4, -0.2) is 15.3 Å². The molecule has 22 heavy (non-hydrogen) atoms. The molecule has 0 fully saturated rings. The Balaban J connectivity index is 2.03. The zero-order valence-electron chi connectivity index (χ0n) is 12.3. The van der Waals surface area contributed by atoms with Crippen molar-refractivity contribution in [2.75, 3.05) is 0 Å². The van der Waals surface area contributed by atoms with Crippen molar-refractivity contribution in [2.45, 2.75) is 19.6 Å². The standard InChI is InChI=1S/C18H14N2O2/c1-4-16-19-12-8-5-6-9-13(12)20(16)14-10-7-11-15-17(14)22-18(2,3)21-15/h1,5-11H,2-3H3. The third-order valence-corrected chi connectivity index (χ3v) is 3.59. The summed E-state index contributed by atoms with van der Waals surface area (Å²) in [5, 5.41) is 0. The van der Waals surface area contributed by atoms with Crippen molar-refractivity contribution in [3.05, 3.63) is 48.3 Å². The Morgan fingerprint density at radius 1 is 1.09 bits per heavy atom. The van der Waals surface area contributed by atoms with Crippen LogP contribution in [0, 0.1) is 12.3 Å². The monoisotopic (exact) mass is 290 g/mol. The van der Waals surface area contributed by atoms with Gasteiger partial charge in [0.1, 0.15) is 0 Å². The summed E-state index contributed by atoms with van der Waals surface area (Å²) < 4.78 is 13.7. The van der Waals surface area contributed by atoms with E-state index in [-0.39, 0.29) is 0 Å². The highest BCUT2D eigenvalue weighted by Gasteiger charge is 2.34. The number of terminal acetylenes is 1.